The molecule has 58 heavy (non-hydrogen) atoms. The average molecular weight is 771 g/mol. The standard InChI is InChI=1S/C22H25N.C20H27N.C10H8.C2H6.C2H4/c1-5-18-11-8-9-12-20(18)13-10-16-23-22-15-14-19(6-2)21(7-3)17(22)4;1-4-18(14-16(2)3)19-10-12-20(13-11-19)21-15-17-8-6-5-7-9-17;1-2-6-10-8-4-3-7-9(10)5-1;2*1-2/h5-15,17,22-23H,1-3,16H2,4H3;5-8,10-14,17-18,21H,4,9,15H2,1-3H3;1-8H;1-2H3;1-2H2/b13-10-;;;;. The molecule has 4 unspecified atom stereocenters. The average Bonchev–Trinajstić information content (AvgIpc) is 3.29. The van der Waals surface area contributed by atoms with Crippen LogP contribution in [0.3, 0.4) is 0 Å². The van der Waals surface area contributed by atoms with Gasteiger partial charge in [-0.3, -0.25) is 0 Å². The highest BCUT2D eigenvalue weighted by Gasteiger charge is 2.21. The van der Waals surface area contributed by atoms with Crippen molar-refractivity contribution in [1.82, 2.24) is 5.32 Å². The highest BCUT2D eigenvalue weighted by atomic mass is 14.9. The molecule has 2 aliphatic carbocycles. The van der Waals surface area contributed by atoms with Gasteiger partial charge in [0.05, 0.1) is 0 Å². The van der Waals surface area contributed by atoms with Crippen molar-refractivity contribution in [3.05, 3.63) is 224 Å². The normalized spacial score (nSPS) is 16.8. The van der Waals surface area contributed by atoms with Gasteiger partial charge in [-0.05, 0) is 83.3 Å². The first-order valence-corrected chi connectivity index (χ1v) is 20.9. The highest BCUT2D eigenvalue weighted by Crippen LogP contribution is 2.27. The lowest BCUT2D eigenvalue weighted by Crippen LogP contribution is -2.35. The van der Waals surface area contributed by atoms with Crippen LogP contribution in [0.5, 0.6) is 0 Å². The van der Waals surface area contributed by atoms with Gasteiger partial charge < -0.3 is 10.6 Å². The van der Waals surface area contributed by atoms with E-state index in [1.165, 1.54) is 44.3 Å². The van der Waals surface area contributed by atoms with Crippen molar-refractivity contribution >= 4 is 28.6 Å². The van der Waals surface area contributed by atoms with Crippen LogP contribution >= 0.6 is 0 Å². The van der Waals surface area contributed by atoms with E-state index in [0.29, 0.717) is 23.8 Å². The molecule has 4 aromatic rings. The molecule has 2 N–H and O–H groups in total. The van der Waals surface area contributed by atoms with E-state index in [-0.39, 0.29) is 0 Å². The van der Waals surface area contributed by atoms with Crippen molar-refractivity contribution in [2.45, 2.75) is 66.3 Å². The van der Waals surface area contributed by atoms with Crippen LogP contribution < -0.4 is 10.6 Å². The van der Waals surface area contributed by atoms with Crippen LogP contribution in [-0.4, -0.2) is 19.1 Å². The molecule has 304 valence electrons. The molecule has 6 rings (SSSR count). The Hall–Kier alpha value is -5.70. The monoisotopic (exact) mass is 771 g/mol. The molecule has 4 aromatic carbocycles. The smallest absolute Gasteiger partial charge is 0.0340 e. The Kier molecular flexibility index (Phi) is 23.9. The third kappa shape index (κ3) is 16.4. The number of benzene rings is 4. The van der Waals surface area contributed by atoms with Gasteiger partial charge in [-0.1, -0.05) is 211 Å². The maximum atomic E-state index is 3.93. The molecule has 2 nitrogen and oxygen atoms in total. The summed E-state index contributed by atoms with van der Waals surface area (Å²) in [6.07, 6.45) is 27.8. The van der Waals surface area contributed by atoms with E-state index >= 15 is 0 Å². The van der Waals surface area contributed by atoms with Crippen LogP contribution in [0.15, 0.2) is 207 Å². The molecule has 0 amide bonds. The minimum Gasteiger partial charge on any atom is -0.384 e. The van der Waals surface area contributed by atoms with Crippen LogP contribution in [0.1, 0.15) is 77.0 Å². The van der Waals surface area contributed by atoms with Gasteiger partial charge in [-0.25, -0.2) is 0 Å². The van der Waals surface area contributed by atoms with Gasteiger partial charge in [-0.15, -0.1) is 13.2 Å². The van der Waals surface area contributed by atoms with Gasteiger partial charge in [-0.2, -0.15) is 0 Å². The summed E-state index contributed by atoms with van der Waals surface area (Å²) in [5.74, 6) is 1.54. The fraction of sp³-hybridized carbons (Fsp3) is 0.250. The molecule has 0 saturated carbocycles. The SMILES string of the molecule is C=C.C=CC1=C(C=C)C(C)C(NC/C=C\c2ccccc2C=C)C=C1.CC.CCC(C=C(C)C)c1ccc(NCC2C=CC=CC2)cc1.c1ccc2ccccc2c1. The van der Waals surface area contributed by atoms with Crippen LogP contribution in [0.2, 0.25) is 0 Å². The lowest BCUT2D eigenvalue weighted by atomic mass is 9.84. The molecular formula is C56H70N2. The molecule has 0 radical (unpaired) electrons. The van der Waals surface area contributed by atoms with Crippen molar-refractivity contribution in [2.24, 2.45) is 11.8 Å². The quantitative estimate of drug-likeness (QED) is 0.132. The Labute approximate surface area is 353 Å². The summed E-state index contributed by atoms with van der Waals surface area (Å²) in [6.45, 7) is 32.3. The van der Waals surface area contributed by atoms with E-state index in [9.17, 15) is 0 Å². The van der Waals surface area contributed by atoms with Gasteiger partial charge in [0.25, 0.3) is 0 Å². The van der Waals surface area contributed by atoms with Gasteiger partial charge in [0.1, 0.15) is 0 Å². The number of anilines is 1. The van der Waals surface area contributed by atoms with Gasteiger partial charge in [0.15, 0.2) is 0 Å². The number of hydrogen-bond donors (Lipinski definition) is 2. The van der Waals surface area contributed by atoms with E-state index < -0.39 is 0 Å². The molecule has 2 heteroatoms. The molecule has 0 saturated heterocycles. The minimum atomic E-state index is 0.311. The minimum absolute atomic E-state index is 0.311. The molecule has 0 spiro atoms. The van der Waals surface area contributed by atoms with Crippen molar-refractivity contribution in [3.8, 4) is 0 Å². The van der Waals surface area contributed by atoms with E-state index in [1.54, 1.807) is 0 Å². The van der Waals surface area contributed by atoms with Crippen molar-refractivity contribution in [2.75, 3.05) is 18.4 Å². The summed E-state index contributed by atoms with van der Waals surface area (Å²) in [6, 6.07) is 34.2. The molecule has 0 bridgehead atoms. The lowest BCUT2D eigenvalue weighted by molar-refractivity contribution is 0.504. The summed E-state index contributed by atoms with van der Waals surface area (Å²) < 4.78 is 0. The van der Waals surface area contributed by atoms with Crippen molar-refractivity contribution in [3.63, 3.8) is 0 Å². The predicted molar refractivity (Wildman–Crippen MR) is 263 cm³/mol. The summed E-state index contributed by atoms with van der Waals surface area (Å²) in [4.78, 5) is 0. The Morgan fingerprint density at radius 1 is 0.759 bits per heavy atom. The fourth-order valence-electron chi connectivity index (χ4n) is 6.76. The van der Waals surface area contributed by atoms with Gasteiger partial charge in [0, 0.05) is 36.7 Å². The Morgan fingerprint density at radius 3 is 1.88 bits per heavy atom. The number of rotatable bonds is 13. The number of fused-ring (bicyclic) bond motifs is 1. The summed E-state index contributed by atoms with van der Waals surface area (Å²) in [5.41, 5.74) is 8.78. The molecule has 4 atom stereocenters. The largest absolute Gasteiger partial charge is 0.384 e. The van der Waals surface area contributed by atoms with Crippen molar-refractivity contribution < 1.29 is 0 Å². The second kappa shape index (κ2) is 28.7. The molecule has 2 aliphatic rings. The maximum absolute atomic E-state index is 3.93. The fourth-order valence-corrected chi connectivity index (χ4v) is 6.76. The topological polar surface area (TPSA) is 24.1 Å². The zero-order chi connectivity index (χ0) is 42.5. The first-order valence-electron chi connectivity index (χ1n) is 20.9. The third-order valence-electron chi connectivity index (χ3n) is 9.88. The second-order valence-corrected chi connectivity index (χ2v) is 14.1. The van der Waals surface area contributed by atoms with Crippen LogP contribution in [0.4, 0.5) is 5.69 Å². The van der Waals surface area contributed by atoms with Crippen molar-refractivity contribution in [1.29, 1.82) is 0 Å². The van der Waals surface area contributed by atoms with E-state index in [2.05, 4.69) is 211 Å². The predicted octanol–water partition coefficient (Wildman–Crippen LogP) is 15.5. The Bertz CT molecular complexity index is 1930. The molecule has 0 aromatic heterocycles. The molecule has 0 aliphatic heterocycles. The zero-order valence-electron chi connectivity index (χ0n) is 36.3. The Balaban J connectivity index is 0.000000304. The van der Waals surface area contributed by atoms with E-state index in [1.807, 2.05) is 44.2 Å². The Morgan fingerprint density at radius 2 is 1.36 bits per heavy atom. The van der Waals surface area contributed by atoms with E-state index in [4.69, 9.17) is 0 Å². The van der Waals surface area contributed by atoms with Crippen LogP contribution in [0.25, 0.3) is 22.9 Å². The first kappa shape index (κ1) is 48.4. The lowest BCUT2D eigenvalue weighted by Gasteiger charge is -2.27. The summed E-state index contributed by atoms with van der Waals surface area (Å²) in [5, 5.41) is 9.73. The maximum Gasteiger partial charge on any atom is 0.0340 e. The zero-order valence-corrected chi connectivity index (χ0v) is 36.3. The highest BCUT2D eigenvalue weighted by molar-refractivity contribution is 5.82. The summed E-state index contributed by atoms with van der Waals surface area (Å²) >= 11 is 0. The van der Waals surface area contributed by atoms with Crippen LogP contribution in [0, 0.1) is 11.8 Å². The second-order valence-electron chi connectivity index (χ2n) is 14.1. The molecule has 0 fully saturated rings. The van der Waals surface area contributed by atoms with Gasteiger partial charge in [0.2, 0.25) is 0 Å². The third-order valence-corrected chi connectivity index (χ3v) is 9.88. The van der Waals surface area contributed by atoms with Gasteiger partial charge >= 0.3 is 0 Å². The molecule has 0 heterocycles. The summed E-state index contributed by atoms with van der Waals surface area (Å²) in [7, 11) is 0. The van der Waals surface area contributed by atoms with Crippen LogP contribution in [-0.2, 0) is 0 Å². The molecular weight excluding hydrogens is 701 g/mol. The number of nitrogens with one attached hydrogen (secondary N) is 2. The first-order chi connectivity index (χ1) is 28.4. The number of hydrogen-bond acceptors (Lipinski definition) is 2. The van der Waals surface area contributed by atoms with E-state index in [0.717, 1.165) is 31.5 Å². The number of allylic oxidation sites excluding steroid dienone is 9.